The summed E-state index contributed by atoms with van der Waals surface area (Å²) in [6.07, 6.45) is 2.02. The molecule has 6 heteroatoms. The fourth-order valence-electron chi connectivity index (χ4n) is 3.03. The summed E-state index contributed by atoms with van der Waals surface area (Å²) in [7, 11) is -2.04. The van der Waals surface area contributed by atoms with Crippen LogP contribution >= 0.6 is 11.6 Å². The van der Waals surface area contributed by atoms with Gasteiger partial charge in [0, 0.05) is 17.6 Å². The van der Waals surface area contributed by atoms with E-state index in [0.29, 0.717) is 16.5 Å². The van der Waals surface area contributed by atoms with E-state index in [4.69, 9.17) is 11.6 Å². The zero-order chi connectivity index (χ0) is 18.2. The van der Waals surface area contributed by atoms with Crippen molar-refractivity contribution in [1.29, 1.82) is 0 Å². The minimum atomic E-state index is -3.65. The monoisotopic (exact) mass is 377 g/mol. The van der Waals surface area contributed by atoms with Crippen molar-refractivity contribution in [1.82, 2.24) is 4.31 Å². The van der Waals surface area contributed by atoms with E-state index in [1.54, 1.807) is 31.3 Å². The number of carbonyl (C=O) groups excluding carboxylic acids is 1. The molecule has 0 amide bonds. The molecule has 1 saturated carbocycles. The number of nitrogens with zero attached hydrogens (tertiary/aromatic N) is 1. The molecule has 0 radical (unpaired) electrons. The predicted molar refractivity (Wildman–Crippen MR) is 98.3 cm³/mol. The van der Waals surface area contributed by atoms with E-state index in [-0.39, 0.29) is 16.7 Å². The first-order chi connectivity index (χ1) is 11.8. The Hall–Kier alpha value is -1.69. The van der Waals surface area contributed by atoms with Gasteiger partial charge in [-0.1, -0.05) is 35.9 Å². The maximum Gasteiger partial charge on any atom is 0.243 e. The average Bonchev–Trinajstić information content (AvgIpc) is 3.41. The highest BCUT2D eigenvalue weighted by Crippen LogP contribution is 2.45. The van der Waals surface area contributed by atoms with Gasteiger partial charge in [-0.05, 0) is 55.5 Å². The lowest BCUT2D eigenvalue weighted by molar-refractivity contribution is 0.101. The summed E-state index contributed by atoms with van der Waals surface area (Å²) in [5, 5.41) is 0.628. The van der Waals surface area contributed by atoms with E-state index in [1.807, 2.05) is 12.1 Å². The van der Waals surface area contributed by atoms with Gasteiger partial charge in [0.1, 0.15) is 0 Å². The third-order valence-electron chi connectivity index (χ3n) is 4.61. The molecular weight excluding hydrogens is 358 g/mol. The largest absolute Gasteiger partial charge is 0.295 e. The summed E-state index contributed by atoms with van der Waals surface area (Å²) in [5.74, 6) is 0.228. The van der Waals surface area contributed by atoms with Crippen LogP contribution in [0.15, 0.2) is 53.4 Å². The Labute approximate surface area is 153 Å². The van der Waals surface area contributed by atoms with Crippen LogP contribution < -0.4 is 0 Å². The zero-order valence-electron chi connectivity index (χ0n) is 14.1. The van der Waals surface area contributed by atoms with Gasteiger partial charge in [-0.15, -0.1) is 0 Å². The van der Waals surface area contributed by atoms with Crippen LogP contribution in [0.4, 0.5) is 0 Å². The molecule has 0 bridgehead atoms. The Bertz CT molecular complexity index is 872. The standard InChI is InChI=1S/C19H20ClNO3S/c1-13(22)14-7-11-18(12-8-14)25(23,24)21(2)19(15-3-4-15)16-5-9-17(20)10-6-16/h5-12,15,19H,3-4H2,1-2H3. The highest BCUT2D eigenvalue weighted by atomic mass is 35.5. The third kappa shape index (κ3) is 3.78. The molecule has 2 aromatic carbocycles. The van der Waals surface area contributed by atoms with Gasteiger partial charge < -0.3 is 0 Å². The summed E-state index contributed by atoms with van der Waals surface area (Å²) >= 11 is 5.96. The second kappa shape index (κ2) is 6.90. The number of ketones is 1. The first kappa shape index (κ1) is 18.1. The number of Topliss-reactive ketones (excluding diaryl/α,β-unsaturated/α-hetero) is 1. The first-order valence-corrected chi connectivity index (χ1v) is 9.97. The number of sulfonamides is 1. The molecule has 132 valence electrons. The van der Waals surface area contributed by atoms with Crippen molar-refractivity contribution in [3.63, 3.8) is 0 Å². The third-order valence-corrected chi connectivity index (χ3v) is 6.71. The molecule has 1 aliphatic carbocycles. The lowest BCUT2D eigenvalue weighted by Crippen LogP contribution is -2.32. The summed E-state index contributed by atoms with van der Waals surface area (Å²) in [6.45, 7) is 1.46. The molecule has 0 saturated heterocycles. The van der Waals surface area contributed by atoms with Crippen molar-refractivity contribution in [2.24, 2.45) is 5.92 Å². The van der Waals surface area contributed by atoms with E-state index >= 15 is 0 Å². The lowest BCUT2D eigenvalue weighted by Gasteiger charge is -2.28. The van der Waals surface area contributed by atoms with Gasteiger partial charge in [0.25, 0.3) is 0 Å². The van der Waals surface area contributed by atoms with Crippen LogP contribution in [-0.2, 0) is 10.0 Å². The van der Waals surface area contributed by atoms with Gasteiger partial charge in [0.05, 0.1) is 10.9 Å². The molecular formula is C19H20ClNO3S. The second-order valence-electron chi connectivity index (χ2n) is 6.44. The highest BCUT2D eigenvalue weighted by Gasteiger charge is 2.39. The molecule has 25 heavy (non-hydrogen) atoms. The average molecular weight is 378 g/mol. The van der Waals surface area contributed by atoms with Crippen LogP contribution in [0.2, 0.25) is 5.02 Å². The van der Waals surface area contributed by atoms with Crippen molar-refractivity contribution in [3.05, 3.63) is 64.7 Å². The van der Waals surface area contributed by atoms with Crippen LogP contribution in [0.1, 0.15) is 41.7 Å². The molecule has 1 atom stereocenters. The number of hydrogen-bond acceptors (Lipinski definition) is 3. The van der Waals surface area contributed by atoms with Gasteiger partial charge in [-0.2, -0.15) is 4.31 Å². The van der Waals surface area contributed by atoms with Gasteiger partial charge >= 0.3 is 0 Å². The molecule has 0 heterocycles. The molecule has 1 fully saturated rings. The number of benzene rings is 2. The Morgan fingerprint density at radius 3 is 2.12 bits per heavy atom. The topological polar surface area (TPSA) is 54.5 Å². The van der Waals surface area contributed by atoms with Crippen LogP contribution in [0.3, 0.4) is 0 Å². The highest BCUT2D eigenvalue weighted by molar-refractivity contribution is 7.89. The maximum absolute atomic E-state index is 13.0. The smallest absolute Gasteiger partial charge is 0.243 e. The minimum Gasteiger partial charge on any atom is -0.295 e. The number of halogens is 1. The number of carbonyl (C=O) groups is 1. The van der Waals surface area contributed by atoms with Crippen LogP contribution in [0.25, 0.3) is 0 Å². The van der Waals surface area contributed by atoms with Crippen LogP contribution in [0, 0.1) is 5.92 Å². The van der Waals surface area contributed by atoms with Gasteiger partial charge in [-0.3, -0.25) is 4.79 Å². The van der Waals surface area contributed by atoms with Gasteiger partial charge in [-0.25, -0.2) is 8.42 Å². The van der Waals surface area contributed by atoms with E-state index < -0.39 is 10.0 Å². The Morgan fingerprint density at radius 1 is 1.08 bits per heavy atom. The number of rotatable bonds is 6. The SMILES string of the molecule is CC(=O)c1ccc(S(=O)(=O)N(C)C(c2ccc(Cl)cc2)C2CC2)cc1. The molecule has 2 aromatic rings. The first-order valence-electron chi connectivity index (χ1n) is 8.15. The van der Waals surface area contributed by atoms with Crippen molar-refractivity contribution in [2.45, 2.75) is 30.7 Å². The van der Waals surface area contributed by atoms with E-state index in [9.17, 15) is 13.2 Å². The molecule has 3 rings (SSSR count). The zero-order valence-corrected chi connectivity index (χ0v) is 15.7. The van der Waals surface area contributed by atoms with Crippen molar-refractivity contribution in [2.75, 3.05) is 7.05 Å². The normalized spacial score (nSPS) is 16.0. The summed E-state index contributed by atoms with van der Waals surface area (Å²) < 4.78 is 27.5. The quantitative estimate of drug-likeness (QED) is 0.704. The molecule has 0 aliphatic heterocycles. The second-order valence-corrected chi connectivity index (χ2v) is 8.87. The Kier molecular flexibility index (Phi) is 5.00. The minimum absolute atomic E-state index is 0.0886. The predicted octanol–water partition coefficient (Wildman–Crippen LogP) is 4.31. The molecule has 1 unspecified atom stereocenters. The Balaban J connectivity index is 1.94. The molecule has 1 aliphatic rings. The van der Waals surface area contributed by atoms with E-state index in [2.05, 4.69) is 0 Å². The van der Waals surface area contributed by atoms with E-state index in [1.165, 1.54) is 23.4 Å². The summed E-state index contributed by atoms with van der Waals surface area (Å²) in [4.78, 5) is 11.6. The van der Waals surface area contributed by atoms with E-state index in [0.717, 1.165) is 18.4 Å². The summed E-state index contributed by atoms with van der Waals surface area (Å²) in [6, 6.07) is 13.2. The van der Waals surface area contributed by atoms with Crippen LogP contribution in [-0.4, -0.2) is 25.6 Å². The van der Waals surface area contributed by atoms with Gasteiger partial charge in [0.15, 0.2) is 5.78 Å². The molecule has 0 aromatic heterocycles. The maximum atomic E-state index is 13.0. The summed E-state index contributed by atoms with van der Waals surface area (Å²) in [5.41, 5.74) is 1.44. The van der Waals surface area contributed by atoms with Gasteiger partial charge in [0.2, 0.25) is 10.0 Å². The lowest BCUT2D eigenvalue weighted by atomic mass is 10.0. The molecule has 0 spiro atoms. The Morgan fingerprint density at radius 2 is 1.64 bits per heavy atom. The fourth-order valence-corrected chi connectivity index (χ4v) is 4.56. The molecule has 0 N–H and O–H groups in total. The number of hydrogen-bond donors (Lipinski definition) is 0. The fraction of sp³-hybridized carbons (Fsp3) is 0.316. The molecule has 4 nitrogen and oxygen atoms in total. The van der Waals surface area contributed by atoms with Crippen molar-refractivity contribution in [3.8, 4) is 0 Å². The van der Waals surface area contributed by atoms with Crippen LogP contribution in [0.5, 0.6) is 0 Å². The van der Waals surface area contributed by atoms with Crippen molar-refractivity contribution >= 4 is 27.4 Å². The van der Waals surface area contributed by atoms with Crippen molar-refractivity contribution < 1.29 is 13.2 Å².